The molecular formula is C17H23NO6. The lowest BCUT2D eigenvalue weighted by Crippen LogP contribution is -2.31. The van der Waals surface area contributed by atoms with Gasteiger partial charge >= 0.3 is 5.97 Å². The van der Waals surface area contributed by atoms with Crippen LogP contribution < -0.4 is 0 Å². The molecule has 0 spiro atoms. The predicted octanol–water partition coefficient (Wildman–Crippen LogP) is 1.98. The number of furan rings is 2. The molecule has 24 heavy (non-hydrogen) atoms. The van der Waals surface area contributed by atoms with Crippen LogP contribution in [0.15, 0.2) is 33.3 Å². The highest BCUT2D eigenvalue weighted by molar-refractivity contribution is 5.90. The van der Waals surface area contributed by atoms with Gasteiger partial charge < -0.3 is 23.4 Å². The number of carbonyl (C=O) groups excluding carboxylic acids is 1. The Balaban J connectivity index is 1.75. The van der Waals surface area contributed by atoms with Crippen molar-refractivity contribution in [2.24, 2.45) is 0 Å². The van der Waals surface area contributed by atoms with Crippen molar-refractivity contribution >= 4 is 5.97 Å². The Morgan fingerprint density at radius 3 is 2.88 bits per heavy atom. The van der Waals surface area contributed by atoms with E-state index < -0.39 is 12.1 Å². The van der Waals surface area contributed by atoms with Crippen molar-refractivity contribution in [2.75, 3.05) is 27.3 Å². The van der Waals surface area contributed by atoms with Crippen LogP contribution in [0.5, 0.6) is 0 Å². The lowest BCUT2D eigenvalue weighted by molar-refractivity contribution is 0.00698. The molecule has 2 aromatic rings. The number of hydrogen-bond donors (Lipinski definition) is 1. The Morgan fingerprint density at radius 1 is 1.42 bits per heavy atom. The summed E-state index contributed by atoms with van der Waals surface area (Å²) in [5.74, 6) is 1.46. The molecule has 2 heterocycles. The Labute approximate surface area is 140 Å². The Morgan fingerprint density at radius 2 is 2.21 bits per heavy atom. The fourth-order valence-electron chi connectivity index (χ4n) is 2.37. The van der Waals surface area contributed by atoms with Crippen LogP contribution >= 0.6 is 0 Å². The van der Waals surface area contributed by atoms with Gasteiger partial charge in [0.05, 0.1) is 32.6 Å². The predicted molar refractivity (Wildman–Crippen MR) is 85.5 cm³/mol. The second-order valence-electron chi connectivity index (χ2n) is 5.62. The summed E-state index contributed by atoms with van der Waals surface area (Å²) in [6.07, 6.45) is 0.942. The number of likely N-dealkylation sites (N-methyl/N-ethyl adjacent to an activating group) is 1. The second-order valence-corrected chi connectivity index (χ2v) is 5.62. The van der Waals surface area contributed by atoms with Gasteiger partial charge in [-0.3, -0.25) is 4.90 Å². The summed E-state index contributed by atoms with van der Waals surface area (Å²) in [4.78, 5) is 13.5. The van der Waals surface area contributed by atoms with Crippen LogP contribution in [0.2, 0.25) is 0 Å². The number of aliphatic hydroxyl groups excluding tert-OH is 1. The van der Waals surface area contributed by atoms with E-state index in [0.717, 1.165) is 5.76 Å². The third kappa shape index (κ3) is 5.23. The van der Waals surface area contributed by atoms with Crippen molar-refractivity contribution in [2.45, 2.75) is 26.2 Å². The van der Waals surface area contributed by atoms with Gasteiger partial charge in [-0.1, -0.05) is 0 Å². The third-order valence-corrected chi connectivity index (χ3v) is 3.46. The zero-order valence-electron chi connectivity index (χ0n) is 14.2. The van der Waals surface area contributed by atoms with Crippen molar-refractivity contribution in [1.29, 1.82) is 0 Å². The van der Waals surface area contributed by atoms with Crippen molar-refractivity contribution in [1.82, 2.24) is 4.90 Å². The van der Waals surface area contributed by atoms with Gasteiger partial charge in [0.25, 0.3) is 0 Å². The number of hydrogen-bond acceptors (Lipinski definition) is 7. The molecule has 1 N–H and O–H groups in total. The SMILES string of the molecule is COC(=O)c1cc(CN(C)CC(O)COCc2ccco2)oc1C. The first-order valence-corrected chi connectivity index (χ1v) is 7.64. The van der Waals surface area contributed by atoms with Gasteiger partial charge in [0.1, 0.15) is 29.5 Å². The summed E-state index contributed by atoms with van der Waals surface area (Å²) in [5, 5.41) is 10.0. The molecule has 2 aromatic heterocycles. The van der Waals surface area contributed by atoms with Crippen molar-refractivity contribution in [3.8, 4) is 0 Å². The summed E-state index contributed by atoms with van der Waals surface area (Å²) in [7, 11) is 3.19. The summed E-state index contributed by atoms with van der Waals surface area (Å²) in [6, 6.07) is 5.27. The second kappa shape index (κ2) is 8.68. The molecule has 0 radical (unpaired) electrons. The number of esters is 1. The number of aliphatic hydroxyl groups is 1. The van der Waals surface area contributed by atoms with Gasteiger partial charge in [-0.2, -0.15) is 0 Å². The molecule has 0 amide bonds. The molecule has 0 aliphatic heterocycles. The minimum Gasteiger partial charge on any atom is -0.467 e. The van der Waals surface area contributed by atoms with Crippen LogP contribution in [0, 0.1) is 6.92 Å². The van der Waals surface area contributed by atoms with Crippen LogP contribution in [-0.4, -0.2) is 49.4 Å². The molecule has 2 rings (SSSR count). The van der Waals surface area contributed by atoms with Crippen molar-refractivity contribution in [3.63, 3.8) is 0 Å². The van der Waals surface area contributed by atoms with E-state index in [0.29, 0.717) is 36.8 Å². The first-order valence-electron chi connectivity index (χ1n) is 7.64. The van der Waals surface area contributed by atoms with Crippen LogP contribution in [0.4, 0.5) is 0 Å². The van der Waals surface area contributed by atoms with Crippen LogP contribution in [-0.2, 0) is 22.6 Å². The van der Waals surface area contributed by atoms with Crippen LogP contribution in [0.1, 0.15) is 27.6 Å². The molecule has 1 atom stereocenters. The van der Waals surface area contributed by atoms with E-state index in [9.17, 15) is 9.90 Å². The van der Waals surface area contributed by atoms with E-state index >= 15 is 0 Å². The summed E-state index contributed by atoms with van der Waals surface area (Å²) in [5.41, 5.74) is 0.420. The average Bonchev–Trinajstić information content (AvgIpc) is 3.16. The van der Waals surface area contributed by atoms with E-state index in [1.54, 1.807) is 25.3 Å². The number of ether oxygens (including phenoxy) is 2. The van der Waals surface area contributed by atoms with Crippen LogP contribution in [0.25, 0.3) is 0 Å². The molecule has 0 aliphatic rings. The fraction of sp³-hybridized carbons (Fsp3) is 0.471. The van der Waals surface area contributed by atoms with Gasteiger partial charge in [-0.25, -0.2) is 4.79 Å². The highest BCUT2D eigenvalue weighted by Gasteiger charge is 2.17. The number of rotatable bonds is 9. The van der Waals surface area contributed by atoms with E-state index in [-0.39, 0.29) is 6.61 Å². The summed E-state index contributed by atoms with van der Waals surface area (Å²) in [6.45, 7) is 3.12. The van der Waals surface area contributed by atoms with Gasteiger partial charge in [0.2, 0.25) is 0 Å². The highest BCUT2D eigenvalue weighted by atomic mass is 16.5. The molecule has 0 fully saturated rings. The van der Waals surface area contributed by atoms with Gasteiger partial charge in [-0.15, -0.1) is 0 Å². The maximum absolute atomic E-state index is 11.6. The summed E-state index contributed by atoms with van der Waals surface area (Å²) < 4.78 is 20.8. The molecule has 0 aliphatic carbocycles. The first-order chi connectivity index (χ1) is 11.5. The van der Waals surface area contributed by atoms with Gasteiger partial charge in [0.15, 0.2) is 0 Å². The molecule has 0 aromatic carbocycles. The topological polar surface area (TPSA) is 85.3 Å². The molecule has 0 saturated heterocycles. The lowest BCUT2D eigenvalue weighted by atomic mass is 10.2. The zero-order valence-corrected chi connectivity index (χ0v) is 14.2. The van der Waals surface area contributed by atoms with E-state index in [1.165, 1.54) is 7.11 Å². The minimum atomic E-state index is -0.638. The largest absolute Gasteiger partial charge is 0.467 e. The fourth-order valence-corrected chi connectivity index (χ4v) is 2.37. The standard InChI is InChI=1S/C17H23NO6/c1-12-16(17(20)21-3)7-15(24-12)9-18(2)8-13(19)10-22-11-14-5-4-6-23-14/h4-7,13,19H,8-11H2,1-3H3. The summed E-state index contributed by atoms with van der Waals surface area (Å²) >= 11 is 0. The smallest absolute Gasteiger partial charge is 0.341 e. The highest BCUT2D eigenvalue weighted by Crippen LogP contribution is 2.17. The maximum atomic E-state index is 11.6. The van der Waals surface area contributed by atoms with Crippen molar-refractivity contribution in [3.05, 3.63) is 47.3 Å². The van der Waals surface area contributed by atoms with E-state index in [1.807, 2.05) is 18.0 Å². The maximum Gasteiger partial charge on any atom is 0.341 e. The zero-order chi connectivity index (χ0) is 17.5. The quantitative estimate of drug-likeness (QED) is 0.700. The number of nitrogens with zero attached hydrogens (tertiary/aromatic N) is 1. The number of carbonyl (C=O) groups is 1. The number of aryl methyl sites for hydroxylation is 1. The van der Waals surface area contributed by atoms with Gasteiger partial charge in [-0.05, 0) is 32.2 Å². The van der Waals surface area contributed by atoms with E-state index in [4.69, 9.17) is 18.3 Å². The molecule has 7 nitrogen and oxygen atoms in total. The molecule has 0 saturated carbocycles. The Hall–Kier alpha value is -2.09. The Bertz CT molecular complexity index is 634. The monoisotopic (exact) mass is 337 g/mol. The first kappa shape index (κ1) is 18.3. The lowest BCUT2D eigenvalue weighted by Gasteiger charge is -2.19. The average molecular weight is 337 g/mol. The molecule has 0 bridgehead atoms. The normalized spacial score (nSPS) is 12.5. The molecule has 7 heteroatoms. The van der Waals surface area contributed by atoms with E-state index in [2.05, 4.69) is 0 Å². The molecule has 132 valence electrons. The molecular weight excluding hydrogens is 314 g/mol. The minimum absolute atomic E-state index is 0.204. The third-order valence-electron chi connectivity index (χ3n) is 3.46. The number of methoxy groups -OCH3 is 1. The van der Waals surface area contributed by atoms with Crippen molar-refractivity contribution < 1.29 is 28.2 Å². The Kier molecular flexibility index (Phi) is 6.60. The molecule has 1 unspecified atom stereocenters. The van der Waals surface area contributed by atoms with Gasteiger partial charge in [0, 0.05) is 6.54 Å². The van der Waals surface area contributed by atoms with Crippen LogP contribution in [0.3, 0.4) is 0 Å².